The summed E-state index contributed by atoms with van der Waals surface area (Å²) < 4.78 is 0. The number of rotatable bonds is 2. The van der Waals surface area contributed by atoms with Gasteiger partial charge in [0.2, 0.25) is 5.95 Å². The number of hydrogen-bond donors (Lipinski definition) is 2. The number of nitrogens with one attached hydrogen (secondary N) is 2. The topological polar surface area (TPSA) is 40.7 Å². The quantitative estimate of drug-likeness (QED) is 0.804. The average Bonchev–Trinajstić information content (AvgIpc) is 2.58. The lowest BCUT2D eigenvalue weighted by Crippen LogP contribution is -2.16. The van der Waals surface area contributed by atoms with Crippen LogP contribution in [0.4, 0.5) is 5.95 Å². The normalized spacial score (nSPS) is 11.7. The van der Waals surface area contributed by atoms with Crippen molar-refractivity contribution in [2.24, 2.45) is 5.41 Å². The molecule has 0 saturated heterocycles. The summed E-state index contributed by atoms with van der Waals surface area (Å²) in [4.78, 5) is 7.65. The number of aromatic nitrogens is 2. The van der Waals surface area contributed by atoms with Crippen molar-refractivity contribution < 1.29 is 0 Å². The minimum absolute atomic E-state index is 0.0268. The summed E-state index contributed by atoms with van der Waals surface area (Å²) in [6.07, 6.45) is 0. The SMILES string of the molecule is C=C(Nc1nc2ccccc2[nH]1)C(C)(C)C. The van der Waals surface area contributed by atoms with Crippen LogP contribution in [0.3, 0.4) is 0 Å². The van der Waals surface area contributed by atoms with Crippen LogP contribution in [0.25, 0.3) is 11.0 Å². The van der Waals surface area contributed by atoms with E-state index in [1.165, 1.54) is 0 Å². The summed E-state index contributed by atoms with van der Waals surface area (Å²) in [5.41, 5.74) is 2.98. The first-order chi connectivity index (χ1) is 7.47. The number of benzene rings is 1. The molecule has 0 aliphatic heterocycles. The molecule has 0 radical (unpaired) electrons. The Morgan fingerprint density at radius 1 is 1.31 bits per heavy atom. The highest BCUT2D eigenvalue weighted by molar-refractivity contribution is 5.77. The number of para-hydroxylation sites is 2. The molecule has 1 heterocycles. The lowest BCUT2D eigenvalue weighted by molar-refractivity contribution is 0.509. The van der Waals surface area contributed by atoms with Gasteiger partial charge in [-0.1, -0.05) is 39.5 Å². The minimum atomic E-state index is 0.0268. The van der Waals surface area contributed by atoms with Gasteiger partial charge in [-0.15, -0.1) is 0 Å². The molecule has 3 heteroatoms. The number of fused-ring (bicyclic) bond motifs is 1. The fourth-order valence-corrected chi connectivity index (χ4v) is 1.34. The molecule has 0 saturated carbocycles. The van der Waals surface area contributed by atoms with E-state index in [1.54, 1.807) is 0 Å². The predicted molar refractivity (Wildman–Crippen MR) is 68.3 cm³/mol. The van der Waals surface area contributed by atoms with Gasteiger partial charge in [-0.2, -0.15) is 0 Å². The lowest BCUT2D eigenvalue weighted by atomic mass is 9.93. The Morgan fingerprint density at radius 3 is 2.62 bits per heavy atom. The van der Waals surface area contributed by atoms with Crippen LogP contribution < -0.4 is 5.32 Å². The number of H-pyrrole nitrogens is 1. The van der Waals surface area contributed by atoms with Crippen molar-refractivity contribution in [3.8, 4) is 0 Å². The summed E-state index contributed by atoms with van der Waals surface area (Å²) in [5.74, 6) is 0.751. The number of anilines is 1. The molecule has 0 fully saturated rings. The second-order valence-electron chi connectivity index (χ2n) is 4.96. The standard InChI is InChI=1S/C13H17N3/c1-9(13(2,3)4)14-12-15-10-7-5-6-8-11(10)16-12/h5-8H,1H2,2-4H3,(H2,14,15,16). The summed E-state index contributed by atoms with van der Waals surface area (Å²) in [6.45, 7) is 10.4. The van der Waals surface area contributed by atoms with Crippen molar-refractivity contribution in [2.75, 3.05) is 5.32 Å². The summed E-state index contributed by atoms with van der Waals surface area (Å²) >= 11 is 0. The van der Waals surface area contributed by atoms with Crippen LogP contribution >= 0.6 is 0 Å². The minimum Gasteiger partial charge on any atom is -0.330 e. The third-order valence-electron chi connectivity index (χ3n) is 2.56. The Kier molecular flexibility index (Phi) is 2.46. The highest BCUT2D eigenvalue weighted by atomic mass is 15.1. The van der Waals surface area contributed by atoms with E-state index in [2.05, 4.69) is 42.6 Å². The average molecular weight is 215 g/mol. The lowest BCUT2D eigenvalue weighted by Gasteiger charge is -2.21. The molecule has 0 aliphatic carbocycles. The van der Waals surface area contributed by atoms with Gasteiger partial charge in [0, 0.05) is 11.1 Å². The second kappa shape index (κ2) is 3.67. The highest BCUT2D eigenvalue weighted by Gasteiger charge is 2.15. The molecule has 0 amide bonds. The van der Waals surface area contributed by atoms with E-state index in [-0.39, 0.29) is 5.41 Å². The van der Waals surface area contributed by atoms with Crippen LogP contribution in [-0.2, 0) is 0 Å². The molecular weight excluding hydrogens is 198 g/mol. The van der Waals surface area contributed by atoms with E-state index in [0.717, 1.165) is 22.7 Å². The van der Waals surface area contributed by atoms with E-state index in [9.17, 15) is 0 Å². The molecule has 0 bridgehead atoms. The maximum atomic E-state index is 4.44. The van der Waals surface area contributed by atoms with Gasteiger partial charge < -0.3 is 10.3 Å². The van der Waals surface area contributed by atoms with Gasteiger partial charge in [0.05, 0.1) is 11.0 Å². The van der Waals surface area contributed by atoms with Gasteiger partial charge in [-0.25, -0.2) is 4.98 Å². The summed E-state index contributed by atoms with van der Waals surface area (Å²) in [5, 5.41) is 3.21. The van der Waals surface area contributed by atoms with Crippen LogP contribution in [0.2, 0.25) is 0 Å². The van der Waals surface area contributed by atoms with Gasteiger partial charge in [0.15, 0.2) is 0 Å². The summed E-state index contributed by atoms with van der Waals surface area (Å²) in [7, 11) is 0. The molecule has 0 unspecified atom stereocenters. The molecular formula is C13H17N3. The van der Waals surface area contributed by atoms with Gasteiger partial charge in [-0.3, -0.25) is 0 Å². The van der Waals surface area contributed by atoms with Gasteiger partial charge >= 0.3 is 0 Å². The zero-order valence-corrected chi connectivity index (χ0v) is 9.96. The van der Waals surface area contributed by atoms with E-state index in [4.69, 9.17) is 0 Å². The molecule has 3 nitrogen and oxygen atoms in total. The molecule has 2 aromatic rings. The van der Waals surface area contributed by atoms with Crippen molar-refractivity contribution in [1.29, 1.82) is 0 Å². The first-order valence-electron chi connectivity index (χ1n) is 5.38. The van der Waals surface area contributed by atoms with Crippen LogP contribution in [-0.4, -0.2) is 9.97 Å². The first kappa shape index (κ1) is 10.7. The Bertz CT molecular complexity index is 484. The zero-order valence-electron chi connectivity index (χ0n) is 9.96. The van der Waals surface area contributed by atoms with Crippen LogP contribution in [0, 0.1) is 5.41 Å². The molecule has 0 spiro atoms. The fraction of sp³-hybridized carbons (Fsp3) is 0.308. The van der Waals surface area contributed by atoms with Gasteiger partial charge in [-0.05, 0) is 12.1 Å². The molecule has 16 heavy (non-hydrogen) atoms. The van der Waals surface area contributed by atoms with E-state index >= 15 is 0 Å². The molecule has 0 aliphatic rings. The van der Waals surface area contributed by atoms with Crippen molar-refractivity contribution >= 4 is 17.0 Å². The molecule has 2 N–H and O–H groups in total. The van der Waals surface area contributed by atoms with Crippen molar-refractivity contribution in [1.82, 2.24) is 9.97 Å². The maximum Gasteiger partial charge on any atom is 0.205 e. The highest BCUT2D eigenvalue weighted by Crippen LogP contribution is 2.24. The van der Waals surface area contributed by atoms with Crippen molar-refractivity contribution in [3.63, 3.8) is 0 Å². The molecule has 2 rings (SSSR count). The zero-order chi connectivity index (χ0) is 11.8. The molecule has 0 atom stereocenters. The first-order valence-corrected chi connectivity index (χ1v) is 5.38. The fourth-order valence-electron chi connectivity index (χ4n) is 1.34. The van der Waals surface area contributed by atoms with Crippen molar-refractivity contribution in [3.05, 3.63) is 36.5 Å². The Labute approximate surface area is 95.6 Å². The van der Waals surface area contributed by atoms with Crippen LogP contribution in [0.15, 0.2) is 36.5 Å². The second-order valence-corrected chi connectivity index (χ2v) is 4.96. The Morgan fingerprint density at radius 2 is 2.00 bits per heavy atom. The third-order valence-corrected chi connectivity index (χ3v) is 2.56. The number of allylic oxidation sites excluding steroid dienone is 1. The Hall–Kier alpha value is -1.77. The third kappa shape index (κ3) is 2.08. The van der Waals surface area contributed by atoms with E-state index < -0.39 is 0 Å². The predicted octanol–water partition coefficient (Wildman–Crippen LogP) is 3.53. The number of imidazole rings is 1. The van der Waals surface area contributed by atoms with Crippen LogP contribution in [0.5, 0.6) is 0 Å². The smallest absolute Gasteiger partial charge is 0.205 e. The number of hydrogen-bond acceptors (Lipinski definition) is 2. The van der Waals surface area contributed by atoms with Gasteiger partial charge in [0.25, 0.3) is 0 Å². The van der Waals surface area contributed by atoms with Gasteiger partial charge in [0.1, 0.15) is 0 Å². The maximum absolute atomic E-state index is 4.44. The van der Waals surface area contributed by atoms with E-state index in [1.807, 2.05) is 24.3 Å². The molecule has 84 valence electrons. The van der Waals surface area contributed by atoms with Crippen molar-refractivity contribution in [2.45, 2.75) is 20.8 Å². The van der Waals surface area contributed by atoms with E-state index in [0.29, 0.717) is 0 Å². The largest absolute Gasteiger partial charge is 0.330 e. The summed E-state index contributed by atoms with van der Waals surface area (Å²) in [6, 6.07) is 7.96. The van der Waals surface area contributed by atoms with Crippen LogP contribution in [0.1, 0.15) is 20.8 Å². The molecule has 1 aromatic heterocycles. The Balaban J connectivity index is 2.25. The number of nitrogens with zero attached hydrogens (tertiary/aromatic N) is 1. The monoisotopic (exact) mass is 215 g/mol. The number of aromatic amines is 1. The molecule has 1 aromatic carbocycles.